The number of alkyl halides is 3. The Morgan fingerprint density at radius 1 is 0.938 bits per heavy atom. The molecule has 0 aromatic rings. The Morgan fingerprint density at radius 2 is 1.62 bits per heavy atom. The van der Waals surface area contributed by atoms with Crippen LogP contribution in [0.1, 0.15) is 10.4 Å². The van der Waals surface area contributed by atoms with Gasteiger partial charge in [0.1, 0.15) is 0 Å². The van der Waals surface area contributed by atoms with Crippen LogP contribution >= 0.6 is 0 Å². The van der Waals surface area contributed by atoms with Crippen molar-refractivity contribution in [3.05, 3.63) is 48.0 Å². The fourth-order valence-corrected chi connectivity index (χ4v) is 1.57. The van der Waals surface area contributed by atoms with Crippen molar-refractivity contribution in [2.24, 2.45) is 0 Å². The Bertz CT molecular complexity index is 502. The molecular formula is C12H7F3O. The first kappa shape index (κ1) is 10.7. The topological polar surface area (TPSA) is 17.1 Å². The summed E-state index contributed by atoms with van der Waals surface area (Å²) in [7, 11) is 0. The van der Waals surface area contributed by atoms with E-state index in [2.05, 4.69) is 0 Å². The summed E-state index contributed by atoms with van der Waals surface area (Å²) in [5, 5.41) is 0. The number of ketones is 1. The van der Waals surface area contributed by atoms with Crippen molar-refractivity contribution in [3.63, 3.8) is 0 Å². The molecule has 4 heteroatoms. The van der Waals surface area contributed by atoms with Gasteiger partial charge in [0, 0.05) is 5.56 Å². The van der Waals surface area contributed by atoms with Crippen LogP contribution in [-0.4, -0.2) is 12.0 Å². The van der Waals surface area contributed by atoms with E-state index in [1.807, 2.05) is 0 Å². The molecule has 0 bridgehead atoms. The van der Waals surface area contributed by atoms with E-state index < -0.39 is 12.0 Å². The lowest BCUT2D eigenvalue weighted by atomic mass is 10.1. The normalized spacial score (nSPS) is 11.7. The van der Waals surface area contributed by atoms with Crippen molar-refractivity contribution in [1.29, 1.82) is 0 Å². The molecule has 0 aliphatic heterocycles. The van der Waals surface area contributed by atoms with Crippen LogP contribution in [0, 0.1) is 0 Å². The largest absolute Gasteiger partial charge is 0.454 e. The molecule has 2 aliphatic rings. The van der Waals surface area contributed by atoms with Crippen LogP contribution in [0.15, 0.2) is 42.5 Å². The fourth-order valence-electron chi connectivity index (χ4n) is 1.57. The monoisotopic (exact) mass is 224 g/mol. The molecule has 0 radical (unpaired) electrons. The van der Waals surface area contributed by atoms with Gasteiger partial charge in [0.05, 0.1) is 0 Å². The minimum absolute atomic E-state index is 0.293. The van der Waals surface area contributed by atoms with Gasteiger partial charge < -0.3 is 0 Å². The summed E-state index contributed by atoms with van der Waals surface area (Å²) >= 11 is 0. The smallest absolute Gasteiger partial charge is 0.284 e. The maximum absolute atomic E-state index is 12.3. The molecule has 0 amide bonds. The van der Waals surface area contributed by atoms with Gasteiger partial charge in [0.2, 0.25) is 0 Å². The van der Waals surface area contributed by atoms with E-state index in [0.29, 0.717) is 11.1 Å². The Kier molecular flexibility index (Phi) is 2.42. The van der Waals surface area contributed by atoms with Crippen molar-refractivity contribution in [2.75, 3.05) is 0 Å². The number of carbonyl (C=O) groups excluding carboxylic acids is 1. The highest BCUT2D eigenvalue weighted by atomic mass is 19.4. The lowest BCUT2D eigenvalue weighted by molar-refractivity contribution is -0.0884. The molecular weight excluding hydrogens is 217 g/mol. The second-order valence-corrected chi connectivity index (χ2v) is 3.35. The molecule has 2 aliphatic carbocycles. The summed E-state index contributed by atoms with van der Waals surface area (Å²) in [5.74, 6) is -1.80. The van der Waals surface area contributed by atoms with Crippen LogP contribution in [0.3, 0.4) is 0 Å². The lowest BCUT2D eigenvalue weighted by Crippen LogP contribution is -2.22. The molecule has 0 aromatic heterocycles. The minimum Gasteiger partial charge on any atom is -0.284 e. The van der Waals surface area contributed by atoms with E-state index in [-0.39, 0.29) is 5.56 Å². The van der Waals surface area contributed by atoms with Gasteiger partial charge in [-0.3, -0.25) is 4.79 Å². The van der Waals surface area contributed by atoms with Crippen LogP contribution in [-0.2, 0) is 0 Å². The van der Waals surface area contributed by atoms with Gasteiger partial charge >= 0.3 is 6.18 Å². The van der Waals surface area contributed by atoms with Crippen LogP contribution in [0.5, 0.6) is 0 Å². The number of hydrogen-bond acceptors (Lipinski definition) is 1. The van der Waals surface area contributed by atoms with Gasteiger partial charge in [-0.2, -0.15) is 13.2 Å². The molecule has 82 valence electrons. The Morgan fingerprint density at radius 3 is 2.31 bits per heavy atom. The zero-order chi connectivity index (χ0) is 11.8. The molecule has 0 atom stereocenters. The number of halogens is 3. The molecule has 2 rings (SSSR count). The summed E-state index contributed by atoms with van der Waals surface area (Å²) < 4.78 is 36.9. The van der Waals surface area contributed by atoms with Crippen molar-refractivity contribution < 1.29 is 18.0 Å². The summed E-state index contributed by atoms with van der Waals surface area (Å²) in [6.45, 7) is 0. The molecule has 1 nitrogen and oxygen atoms in total. The third-order valence-corrected chi connectivity index (χ3v) is 2.29. The maximum atomic E-state index is 12.3. The van der Waals surface area contributed by atoms with E-state index in [1.54, 1.807) is 24.3 Å². The Balaban J connectivity index is 2.55. The summed E-state index contributed by atoms with van der Waals surface area (Å²) in [4.78, 5) is 11.1. The molecule has 0 aromatic carbocycles. The number of fused-ring (bicyclic) bond motifs is 1. The van der Waals surface area contributed by atoms with Crippen molar-refractivity contribution in [3.8, 4) is 11.1 Å². The van der Waals surface area contributed by atoms with E-state index in [9.17, 15) is 18.0 Å². The number of rotatable bonds is 1. The van der Waals surface area contributed by atoms with Gasteiger partial charge in [-0.25, -0.2) is 0 Å². The number of hydrogen-bond donors (Lipinski definition) is 0. The van der Waals surface area contributed by atoms with E-state index in [1.165, 1.54) is 18.2 Å². The lowest BCUT2D eigenvalue weighted by Gasteiger charge is -2.04. The van der Waals surface area contributed by atoms with Crippen LogP contribution in [0.4, 0.5) is 13.2 Å². The van der Waals surface area contributed by atoms with Gasteiger partial charge in [0.25, 0.3) is 5.78 Å². The predicted octanol–water partition coefficient (Wildman–Crippen LogP) is 3.54. The first-order valence-corrected chi connectivity index (χ1v) is 4.59. The Labute approximate surface area is 89.9 Å². The van der Waals surface area contributed by atoms with Crippen LogP contribution < -0.4 is 0 Å². The average molecular weight is 224 g/mol. The standard InChI is InChI=1S/C12H7F3O/c13-12(14,15)11(16)10-7-6-8-4-2-1-3-5-9(8)10/h1-7H. The highest BCUT2D eigenvalue weighted by molar-refractivity contribution is 6.06. The van der Waals surface area contributed by atoms with Gasteiger partial charge in [-0.15, -0.1) is 0 Å². The second-order valence-electron chi connectivity index (χ2n) is 3.35. The quantitative estimate of drug-likeness (QED) is 0.677. The van der Waals surface area contributed by atoms with Crippen molar-refractivity contribution in [2.45, 2.75) is 6.18 Å². The molecule has 16 heavy (non-hydrogen) atoms. The molecule has 0 spiro atoms. The molecule has 0 saturated carbocycles. The fraction of sp³-hybridized carbons (Fsp3) is 0.0833. The Hall–Kier alpha value is -1.84. The van der Waals surface area contributed by atoms with Gasteiger partial charge in [-0.1, -0.05) is 36.4 Å². The highest BCUT2D eigenvalue weighted by Crippen LogP contribution is 2.31. The van der Waals surface area contributed by atoms with Gasteiger partial charge in [-0.05, 0) is 17.2 Å². The molecule has 0 N–H and O–H groups in total. The number of Topliss-reactive ketones (excluding diaryl/α,β-unsaturated/α-hetero) is 1. The third-order valence-electron chi connectivity index (χ3n) is 2.29. The zero-order valence-electron chi connectivity index (χ0n) is 8.08. The van der Waals surface area contributed by atoms with E-state index in [4.69, 9.17) is 0 Å². The molecule has 0 unspecified atom stereocenters. The van der Waals surface area contributed by atoms with Crippen molar-refractivity contribution in [1.82, 2.24) is 0 Å². The highest BCUT2D eigenvalue weighted by Gasteiger charge is 2.40. The van der Waals surface area contributed by atoms with Gasteiger partial charge in [0.15, 0.2) is 0 Å². The first-order chi connectivity index (χ1) is 7.50. The molecule has 0 fully saturated rings. The average Bonchev–Trinajstić information content (AvgIpc) is 2.44. The minimum atomic E-state index is -4.82. The molecule has 0 saturated heterocycles. The zero-order valence-corrected chi connectivity index (χ0v) is 8.08. The van der Waals surface area contributed by atoms with E-state index >= 15 is 0 Å². The van der Waals surface area contributed by atoms with Crippen LogP contribution in [0.2, 0.25) is 0 Å². The summed E-state index contributed by atoms with van der Waals surface area (Å²) in [6, 6.07) is 10.9. The molecule has 0 heterocycles. The predicted molar refractivity (Wildman–Crippen MR) is 53.4 cm³/mol. The van der Waals surface area contributed by atoms with Crippen LogP contribution in [0.25, 0.3) is 11.1 Å². The third kappa shape index (κ3) is 1.78. The summed E-state index contributed by atoms with van der Waals surface area (Å²) in [5.41, 5.74) is 0.656. The number of carbonyl (C=O) groups is 1. The summed E-state index contributed by atoms with van der Waals surface area (Å²) in [6.07, 6.45) is -4.82. The van der Waals surface area contributed by atoms with Crippen molar-refractivity contribution >= 4 is 5.78 Å². The second kappa shape index (κ2) is 3.63. The SMILES string of the molecule is O=C(c1ccc2cccccc1-2)C(F)(F)F. The maximum Gasteiger partial charge on any atom is 0.454 e. The van der Waals surface area contributed by atoms with E-state index in [0.717, 1.165) is 0 Å². The first-order valence-electron chi connectivity index (χ1n) is 4.59.